The van der Waals surface area contributed by atoms with Crippen LogP contribution in [0.5, 0.6) is 0 Å². The molecule has 1 saturated carbocycles. The number of ether oxygens (including phenoxy) is 2. The van der Waals surface area contributed by atoms with Gasteiger partial charge in [-0.25, -0.2) is 13.6 Å². The normalized spacial score (nSPS) is 13.3. The Balaban J connectivity index is 2.40. The van der Waals surface area contributed by atoms with E-state index in [1.165, 1.54) is 10.8 Å². The maximum absolute atomic E-state index is 14.5. The van der Waals surface area contributed by atoms with Crippen LogP contribution in [-0.4, -0.2) is 23.1 Å². The molecule has 7 nitrogen and oxygen atoms in total. The molecule has 9 heteroatoms. The summed E-state index contributed by atoms with van der Waals surface area (Å²) in [6, 6.07) is 1.17. The van der Waals surface area contributed by atoms with Gasteiger partial charge in [0.2, 0.25) is 5.43 Å². The number of hydrogen-bond donors (Lipinski definition) is 0. The first-order chi connectivity index (χ1) is 12.9. The summed E-state index contributed by atoms with van der Waals surface area (Å²) in [6.45, 7) is 1.65. The molecule has 0 aliphatic heterocycles. The minimum absolute atomic E-state index is 0.0671. The second kappa shape index (κ2) is 7.15. The molecule has 0 spiro atoms. The van der Waals surface area contributed by atoms with E-state index in [-0.39, 0.29) is 29.2 Å². The van der Waals surface area contributed by atoms with Gasteiger partial charge in [-0.05, 0) is 25.8 Å². The fourth-order valence-corrected chi connectivity index (χ4v) is 3.07. The van der Waals surface area contributed by atoms with Crippen molar-refractivity contribution in [3.05, 3.63) is 45.2 Å². The van der Waals surface area contributed by atoms with Crippen LogP contribution in [0.4, 0.5) is 8.78 Å². The van der Waals surface area contributed by atoms with Crippen molar-refractivity contribution < 1.29 is 27.8 Å². The molecule has 0 amide bonds. The molecular formula is C18H14F2N2O5. The predicted molar refractivity (Wildman–Crippen MR) is 87.8 cm³/mol. The van der Waals surface area contributed by atoms with Crippen molar-refractivity contribution in [3.63, 3.8) is 0 Å². The second-order valence-electron chi connectivity index (χ2n) is 6.00. The number of rotatable bonds is 5. The standard InChI is InChI=1S/C18H14F2N2O5/c1-2-26-14(23)7-13-15(18(25)27-8-21)17(24)11-5-9(19)6-12(20)16(11)22(13)10-3-4-10/h5-6,10H,2-4,7H2,1H3. The maximum atomic E-state index is 14.5. The number of halogens is 2. The third-order valence-corrected chi connectivity index (χ3v) is 4.19. The Morgan fingerprint density at radius 2 is 2.04 bits per heavy atom. The van der Waals surface area contributed by atoms with Crippen molar-refractivity contribution in [1.29, 1.82) is 5.26 Å². The number of aromatic nitrogens is 1. The zero-order valence-corrected chi connectivity index (χ0v) is 14.3. The average Bonchev–Trinajstić information content (AvgIpc) is 3.41. The Morgan fingerprint density at radius 3 is 2.63 bits per heavy atom. The van der Waals surface area contributed by atoms with E-state index in [9.17, 15) is 23.2 Å². The van der Waals surface area contributed by atoms with Crippen LogP contribution < -0.4 is 5.43 Å². The van der Waals surface area contributed by atoms with Crippen LogP contribution in [0.2, 0.25) is 0 Å². The smallest absolute Gasteiger partial charge is 0.359 e. The van der Waals surface area contributed by atoms with E-state index >= 15 is 0 Å². The Hall–Kier alpha value is -3.28. The molecule has 27 heavy (non-hydrogen) atoms. The highest BCUT2D eigenvalue weighted by Crippen LogP contribution is 2.39. The Morgan fingerprint density at radius 1 is 1.33 bits per heavy atom. The van der Waals surface area contributed by atoms with Crippen molar-refractivity contribution in [2.75, 3.05) is 6.61 Å². The van der Waals surface area contributed by atoms with Crippen molar-refractivity contribution in [1.82, 2.24) is 4.57 Å². The zero-order valence-electron chi connectivity index (χ0n) is 14.3. The number of nitrogens with zero attached hydrogens (tertiary/aromatic N) is 2. The first-order valence-electron chi connectivity index (χ1n) is 8.21. The van der Waals surface area contributed by atoms with Gasteiger partial charge in [0.25, 0.3) is 6.26 Å². The first kappa shape index (κ1) is 18.5. The molecule has 0 N–H and O–H groups in total. The number of benzene rings is 1. The van der Waals surface area contributed by atoms with Gasteiger partial charge >= 0.3 is 11.9 Å². The number of carbonyl (C=O) groups excluding carboxylic acids is 2. The van der Waals surface area contributed by atoms with E-state index in [1.807, 2.05) is 0 Å². The van der Waals surface area contributed by atoms with Gasteiger partial charge in [0.05, 0.1) is 23.9 Å². The largest absolute Gasteiger partial charge is 0.466 e. The molecule has 0 atom stereocenters. The molecule has 2 aromatic rings. The third-order valence-electron chi connectivity index (χ3n) is 4.19. The Labute approximate surface area is 151 Å². The number of hydrogen-bond acceptors (Lipinski definition) is 6. The number of nitriles is 1. The second-order valence-corrected chi connectivity index (χ2v) is 6.00. The highest BCUT2D eigenvalue weighted by Gasteiger charge is 2.34. The molecule has 1 fully saturated rings. The van der Waals surface area contributed by atoms with Crippen LogP contribution in [0, 0.1) is 23.2 Å². The third kappa shape index (κ3) is 3.38. The lowest BCUT2D eigenvalue weighted by atomic mass is 10.0. The predicted octanol–water partition coefficient (Wildman–Crippen LogP) is 2.36. The van der Waals surface area contributed by atoms with Crippen LogP contribution >= 0.6 is 0 Å². The molecule has 1 aromatic heterocycles. The fraction of sp³-hybridized carbons (Fsp3) is 0.333. The summed E-state index contributed by atoms with van der Waals surface area (Å²) < 4.78 is 38.7. The summed E-state index contributed by atoms with van der Waals surface area (Å²) in [5.41, 5.74) is -1.93. The van der Waals surface area contributed by atoms with Gasteiger partial charge in [0, 0.05) is 17.8 Å². The van der Waals surface area contributed by atoms with Gasteiger partial charge in [0.15, 0.2) is 5.82 Å². The van der Waals surface area contributed by atoms with Gasteiger partial charge in [0.1, 0.15) is 11.4 Å². The molecule has 0 saturated heterocycles. The highest BCUT2D eigenvalue weighted by molar-refractivity contribution is 5.97. The molecule has 0 bridgehead atoms. The van der Waals surface area contributed by atoms with Gasteiger partial charge in [-0.3, -0.25) is 9.59 Å². The van der Waals surface area contributed by atoms with E-state index in [0.29, 0.717) is 18.9 Å². The minimum atomic E-state index is -1.29. The summed E-state index contributed by atoms with van der Waals surface area (Å²) >= 11 is 0. The quantitative estimate of drug-likeness (QED) is 0.587. The molecular weight excluding hydrogens is 362 g/mol. The van der Waals surface area contributed by atoms with Crippen molar-refractivity contribution >= 4 is 22.8 Å². The zero-order chi connectivity index (χ0) is 19.7. The van der Waals surface area contributed by atoms with E-state index < -0.39 is 41.0 Å². The van der Waals surface area contributed by atoms with E-state index in [2.05, 4.69) is 4.74 Å². The maximum Gasteiger partial charge on any atom is 0.359 e. The summed E-state index contributed by atoms with van der Waals surface area (Å²) in [5, 5.41) is 8.26. The average molecular weight is 376 g/mol. The lowest BCUT2D eigenvalue weighted by molar-refractivity contribution is -0.142. The summed E-state index contributed by atoms with van der Waals surface area (Å²) in [6.07, 6.45) is 1.92. The van der Waals surface area contributed by atoms with Gasteiger partial charge in [-0.1, -0.05) is 0 Å². The summed E-state index contributed by atoms with van der Waals surface area (Å²) in [7, 11) is 0. The monoisotopic (exact) mass is 376 g/mol. The topological polar surface area (TPSA) is 98.4 Å². The number of carbonyl (C=O) groups is 2. The van der Waals surface area contributed by atoms with E-state index in [4.69, 9.17) is 10.00 Å². The molecule has 0 radical (unpaired) electrons. The van der Waals surface area contributed by atoms with Crippen LogP contribution in [-0.2, 0) is 20.7 Å². The van der Waals surface area contributed by atoms with Crippen molar-refractivity contribution in [3.8, 4) is 6.26 Å². The Kier molecular flexibility index (Phi) is 4.90. The van der Waals surface area contributed by atoms with Gasteiger partial charge in [-0.2, -0.15) is 0 Å². The van der Waals surface area contributed by atoms with Crippen LogP contribution in [0.15, 0.2) is 16.9 Å². The van der Waals surface area contributed by atoms with Crippen LogP contribution in [0.25, 0.3) is 10.9 Å². The molecule has 0 unspecified atom stereocenters. The molecule has 1 aromatic carbocycles. The fourth-order valence-electron chi connectivity index (χ4n) is 3.07. The van der Waals surface area contributed by atoms with Crippen LogP contribution in [0.3, 0.4) is 0 Å². The van der Waals surface area contributed by atoms with Crippen molar-refractivity contribution in [2.45, 2.75) is 32.2 Å². The molecule has 1 aliphatic rings. The summed E-state index contributed by atoms with van der Waals surface area (Å²) in [4.78, 5) is 37.1. The lowest BCUT2D eigenvalue weighted by Crippen LogP contribution is -2.27. The molecule has 140 valence electrons. The first-order valence-corrected chi connectivity index (χ1v) is 8.21. The van der Waals surface area contributed by atoms with Gasteiger partial charge in [-0.15, -0.1) is 5.26 Å². The highest BCUT2D eigenvalue weighted by atomic mass is 19.1. The van der Waals surface area contributed by atoms with Gasteiger partial charge < -0.3 is 14.0 Å². The van der Waals surface area contributed by atoms with Crippen molar-refractivity contribution in [2.24, 2.45) is 0 Å². The van der Waals surface area contributed by atoms with Crippen LogP contribution in [0.1, 0.15) is 41.9 Å². The lowest BCUT2D eigenvalue weighted by Gasteiger charge is -2.19. The SMILES string of the molecule is CCOC(=O)Cc1c(C(=O)OC#N)c(=O)c2cc(F)cc(F)c2n1C1CC1. The molecule has 1 heterocycles. The number of esters is 2. The Bertz CT molecular complexity index is 1050. The van der Waals surface area contributed by atoms with E-state index in [0.717, 1.165) is 6.07 Å². The number of fused-ring (bicyclic) bond motifs is 1. The summed E-state index contributed by atoms with van der Waals surface area (Å²) in [5.74, 6) is -4.00. The molecule has 1 aliphatic carbocycles. The van der Waals surface area contributed by atoms with E-state index in [1.54, 1.807) is 6.92 Å². The molecule has 3 rings (SSSR count). The minimum Gasteiger partial charge on any atom is -0.466 e. The number of pyridine rings is 1.